The van der Waals surface area contributed by atoms with Crippen LogP contribution >= 0.6 is 0 Å². The standard InChI is InChI=1S/C7H8O3S.C5H11O2S/c1-6-2-4-7(5-3-6)11(8,9)10;1-7-5(6)4-8(2)3/h2-5H,1H3,(H,8,9,10);4H2,1-3H3/q;+1/p-1. The van der Waals surface area contributed by atoms with Crippen LogP contribution in [0.3, 0.4) is 0 Å². The lowest BCUT2D eigenvalue weighted by Gasteiger charge is -2.05. The molecule has 0 aliphatic carbocycles. The molecule has 0 amide bonds. The summed E-state index contributed by atoms with van der Waals surface area (Å²) in [5.74, 6) is 0.439. The molecule has 0 aliphatic heterocycles. The Hall–Kier alpha value is -1.05. The number of benzene rings is 1. The van der Waals surface area contributed by atoms with Crippen molar-refractivity contribution >= 4 is 27.0 Å². The number of rotatable bonds is 3. The number of ether oxygens (including phenoxy) is 1. The summed E-state index contributed by atoms with van der Waals surface area (Å²) in [6.07, 6.45) is 4.02. The third-order valence-electron chi connectivity index (χ3n) is 1.94. The van der Waals surface area contributed by atoms with Gasteiger partial charge in [0.2, 0.25) is 5.75 Å². The van der Waals surface area contributed by atoms with E-state index in [0.717, 1.165) is 5.56 Å². The summed E-state index contributed by atoms with van der Waals surface area (Å²) in [6, 6.07) is 5.78. The first-order chi connectivity index (χ1) is 8.66. The number of carbonyl (C=O) groups excluding carboxylic acids is 1. The van der Waals surface area contributed by atoms with Crippen molar-refractivity contribution in [3.8, 4) is 0 Å². The second-order valence-electron chi connectivity index (χ2n) is 3.97. The zero-order chi connectivity index (χ0) is 15.1. The number of hydrogen-bond donors (Lipinski definition) is 0. The molecular formula is C12H18O5S2. The Kier molecular flexibility index (Phi) is 7.73. The highest BCUT2D eigenvalue weighted by molar-refractivity contribution is 7.96. The molecule has 1 aromatic carbocycles. The minimum absolute atomic E-state index is 0.113. The predicted molar refractivity (Wildman–Crippen MR) is 75.2 cm³/mol. The van der Waals surface area contributed by atoms with Gasteiger partial charge in [0, 0.05) is 0 Å². The monoisotopic (exact) mass is 306 g/mol. The van der Waals surface area contributed by atoms with Crippen molar-refractivity contribution < 1.29 is 22.5 Å². The van der Waals surface area contributed by atoms with Crippen LogP contribution in [0.4, 0.5) is 0 Å². The van der Waals surface area contributed by atoms with Crippen LogP contribution in [0.2, 0.25) is 0 Å². The summed E-state index contributed by atoms with van der Waals surface area (Å²) < 4.78 is 35.6. The van der Waals surface area contributed by atoms with Gasteiger partial charge in [-0.3, -0.25) is 0 Å². The Morgan fingerprint density at radius 3 is 2.00 bits per heavy atom. The Bertz CT molecular complexity index is 491. The van der Waals surface area contributed by atoms with Crippen molar-refractivity contribution in [1.29, 1.82) is 0 Å². The van der Waals surface area contributed by atoms with Gasteiger partial charge in [0.25, 0.3) is 0 Å². The first kappa shape index (κ1) is 17.9. The highest BCUT2D eigenvalue weighted by atomic mass is 32.2. The summed E-state index contributed by atoms with van der Waals surface area (Å²) in [7, 11) is -2.68. The fourth-order valence-electron chi connectivity index (χ4n) is 1.000. The highest BCUT2D eigenvalue weighted by Crippen LogP contribution is 2.08. The third-order valence-corrected chi connectivity index (χ3v) is 3.61. The lowest BCUT2D eigenvalue weighted by Crippen LogP contribution is -2.14. The third kappa shape index (κ3) is 8.63. The van der Waals surface area contributed by atoms with E-state index in [0.29, 0.717) is 5.75 Å². The molecule has 1 aromatic rings. The fourth-order valence-corrected chi connectivity index (χ4v) is 2.06. The molecule has 1 rings (SSSR count). The largest absolute Gasteiger partial charge is 0.744 e. The van der Waals surface area contributed by atoms with Crippen molar-refractivity contribution in [1.82, 2.24) is 0 Å². The van der Waals surface area contributed by atoms with Gasteiger partial charge in [-0.15, -0.1) is 0 Å². The molecule has 5 nitrogen and oxygen atoms in total. The van der Waals surface area contributed by atoms with Gasteiger partial charge in [-0.25, -0.2) is 13.2 Å². The lowest BCUT2D eigenvalue weighted by molar-refractivity contribution is -0.137. The second-order valence-corrected chi connectivity index (χ2v) is 7.61. The first-order valence-electron chi connectivity index (χ1n) is 5.30. The maximum Gasteiger partial charge on any atom is 0.355 e. The Balaban J connectivity index is 0.000000362. The van der Waals surface area contributed by atoms with Crippen LogP contribution in [-0.2, 0) is 30.5 Å². The molecule has 7 heteroatoms. The van der Waals surface area contributed by atoms with E-state index in [2.05, 4.69) is 4.74 Å². The van der Waals surface area contributed by atoms with Gasteiger partial charge in [0.05, 0.1) is 24.5 Å². The van der Waals surface area contributed by atoms with E-state index < -0.39 is 10.1 Å². The van der Waals surface area contributed by atoms with Gasteiger partial charge >= 0.3 is 5.97 Å². The van der Waals surface area contributed by atoms with Crippen molar-refractivity contribution in [3.05, 3.63) is 29.8 Å². The predicted octanol–water partition coefficient (Wildman–Crippen LogP) is 0.936. The minimum Gasteiger partial charge on any atom is -0.744 e. The Labute approximate surface area is 117 Å². The van der Waals surface area contributed by atoms with Crippen LogP contribution < -0.4 is 0 Å². The van der Waals surface area contributed by atoms with Gasteiger partial charge in [-0.05, 0) is 30.0 Å². The average molecular weight is 306 g/mol. The van der Waals surface area contributed by atoms with Gasteiger partial charge < -0.3 is 9.29 Å². The van der Waals surface area contributed by atoms with Crippen LogP contribution in [0.25, 0.3) is 0 Å². The zero-order valence-corrected chi connectivity index (χ0v) is 13.0. The number of methoxy groups -OCH3 is 1. The summed E-state index contributed by atoms with van der Waals surface area (Å²) in [5.41, 5.74) is 0.928. The molecule has 0 bridgehead atoms. The van der Waals surface area contributed by atoms with E-state index in [1.807, 2.05) is 19.4 Å². The van der Waals surface area contributed by atoms with E-state index >= 15 is 0 Å². The van der Waals surface area contributed by atoms with E-state index in [-0.39, 0.29) is 21.8 Å². The van der Waals surface area contributed by atoms with Crippen molar-refractivity contribution in [2.75, 3.05) is 25.4 Å². The van der Waals surface area contributed by atoms with E-state index in [1.165, 1.54) is 19.2 Å². The van der Waals surface area contributed by atoms with Crippen molar-refractivity contribution in [3.63, 3.8) is 0 Å². The van der Waals surface area contributed by atoms with Gasteiger partial charge in [0.1, 0.15) is 10.1 Å². The molecule has 0 saturated carbocycles. The van der Waals surface area contributed by atoms with Crippen LogP contribution in [0.5, 0.6) is 0 Å². The SMILES string of the molecule is COC(=O)C[S+](C)C.Cc1ccc(S(=O)(=O)[O-])cc1. The number of aryl methyl sites for hydroxylation is 1. The molecular weight excluding hydrogens is 288 g/mol. The minimum atomic E-state index is -4.27. The molecule has 19 heavy (non-hydrogen) atoms. The lowest BCUT2D eigenvalue weighted by atomic mass is 10.2. The summed E-state index contributed by atoms with van der Waals surface area (Å²) in [6.45, 7) is 1.82. The summed E-state index contributed by atoms with van der Waals surface area (Å²) in [4.78, 5) is 10.2. The topological polar surface area (TPSA) is 83.5 Å². The molecule has 0 unspecified atom stereocenters. The van der Waals surface area contributed by atoms with E-state index in [9.17, 15) is 17.8 Å². The van der Waals surface area contributed by atoms with Crippen LogP contribution in [0.15, 0.2) is 29.2 Å². The summed E-state index contributed by atoms with van der Waals surface area (Å²) >= 11 is 0. The second kappa shape index (κ2) is 8.19. The zero-order valence-electron chi connectivity index (χ0n) is 11.4. The fraction of sp³-hybridized carbons (Fsp3) is 0.417. The molecule has 0 aliphatic rings. The molecule has 0 N–H and O–H groups in total. The number of esters is 1. The number of hydrogen-bond acceptors (Lipinski definition) is 5. The molecule has 0 aromatic heterocycles. The Morgan fingerprint density at radius 1 is 1.26 bits per heavy atom. The molecule has 0 spiro atoms. The van der Waals surface area contributed by atoms with Gasteiger partial charge in [0.15, 0.2) is 0 Å². The number of carbonyl (C=O) groups is 1. The van der Waals surface area contributed by atoms with E-state index in [1.54, 1.807) is 12.1 Å². The van der Waals surface area contributed by atoms with E-state index in [4.69, 9.17) is 0 Å². The molecule has 0 atom stereocenters. The quantitative estimate of drug-likeness (QED) is 0.471. The van der Waals surface area contributed by atoms with Crippen LogP contribution in [0, 0.1) is 6.92 Å². The van der Waals surface area contributed by atoms with Crippen molar-refractivity contribution in [2.24, 2.45) is 0 Å². The smallest absolute Gasteiger partial charge is 0.355 e. The summed E-state index contributed by atoms with van der Waals surface area (Å²) in [5, 5.41) is 0. The molecule has 0 radical (unpaired) electrons. The Morgan fingerprint density at radius 2 is 1.74 bits per heavy atom. The normalized spacial score (nSPS) is 10.6. The molecule has 108 valence electrons. The molecule has 0 fully saturated rings. The maximum absolute atomic E-state index is 10.4. The average Bonchev–Trinajstić information content (AvgIpc) is 2.28. The first-order valence-corrected chi connectivity index (χ1v) is 8.92. The highest BCUT2D eigenvalue weighted by Gasteiger charge is 2.09. The van der Waals surface area contributed by atoms with Gasteiger partial charge in [-0.1, -0.05) is 17.7 Å². The maximum atomic E-state index is 10.4. The van der Waals surface area contributed by atoms with Crippen molar-refractivity contribution in [2.45, 2.75) is 11.8 Å². The van der Waals surface area contributed by atoms with Crippen LogP contribution in [0.1, 0.15) is 5.56 Å². The van der Waals surface area contributed by atoms with Gasteiger partial charge in [-0.2, -0.15) is 0 Å². The molecule has 0 heterocycles. The molecule has 0 saturated heterocycles. The van der Waals surface area contributed by atoms with Crippen LogP contribution in [-0.4, -0.2) is 44.3 Å².